The lowest BCUT2D eigenvalue weighted by atomic mass is 9.83. The van der Waals surface area contributed by atoms with Crippen molar-refractivity contribution in [1.82, 2.24) is 19.1 Å². The van der Waals surface area contributed by atoms with E-state index in [0.29, 0.717) is 29.0 Å². The van der Waals surface area contributed by atoms with Gasteiger partial charge in [0.25, 0.3) is 0 Å². The summed E-state index contributed by atoms with van der Waals surface area (Å²) in [5.74, 6) is 7.21. The molecule has 2 heterocycles. The first kappa shape index (κ1) is 23.4. The number of nitrogen functional groups attached to an aromatic ring is 1. The van der Waals surface area contributed by atoms with Gasteiger partial charge in [0.1, 0.15) is 23.3 Å². The molecule has 4 aromatic rings. The monoisotopic (exact) mass is 481 g/mol. The van der Waals surface area contributed by atoms with Gasteiger partial charge in [-0.2, -0.15) is 0 Å². The predicted octanol–water partition coefficient (Wildman–Crippen LogP) is 4.67. The third kappa shape index (κ3) is 4.60. The van der Waals surface area contributed by atoms with Crippen LogP contribution < -0.4 is 16.2 Å². The first-order chi connectivity index (χ1) is 17.5. The van der Waals surface area contributed by atoms with E-state index in [4.69, 9.17) is 10.5 Å². The highest BCUT2D eigenvalue weighted by molar-refractivity contribution is 5.95. The highest BCUT2D eigenvalue weighted by atomic mass is 16.5. The number of nitrogens with zero attached hydrogens (tertiary/aromatic N) is 4. The van der Waals surface area contributed by atoms with Crippen LogP contribution in [0.5, 0.6) is 11.5 Å². The molecule has 1 aliphatic carbocycles. The van der Waals surface area contributed by atoms with Gasteiger partial charge in [-0.05, 0) is 80.8 Å². The summed E-state index contributed by atoms with van der Waals surface area (Å²) in [6, 6.07) is 16.8. The number of imidazole rings is 1. The van der Waals surface area contributed by atoms with E-state index in [9.17, 15) is 9.59 Å². The molecule has 0 atom stereocenters. The Kier molecular flexibility index (Phi) is 6.54. The molecule has 182 valence electrons. The third-order valence-electron chi connectivity index (χ3n) is 6.67. The summed E-state index contributed by atoms with van der Waals surface area (Å²) in [7, 11) is 0. The van der Waals surface area contributed by atoms with Crippen LogP contribution in [0.4, 0.5) is 5.82 Å². The lowest BCUT2D eigenvalue weighted by Crippen LogP contribution is -2.29. The molecule has 5 rings (SSSR count). The molecule has 0 amide bonds. The standard InChI is InChI=1S/C28H27N5O3/c1-2-6-22(34)17-19-9-11-21(12-10-19)33-27-25(26(29)30-18-31-27)32(28(33)35)20-13-15-24(16-14-20)36-23-7-4-3-5-8-23/h3-5,7-8,13-16,18-19,21H,9-12,17H2,1H3,(H2,29,30,31). The number of anilines is 1. The minimum absolute atomic E-state index is 0.0186. The van der Waals surface area contributed by atoms with Gasteiger partial charge in [0.15, 0.2) is 11.5 Å². The molecule has 0 saturated heterocycles. The minimum atomic E-state index is -0.203. The van der Waals surface area contributed by atoms with Gasteiger partial charge in [0.05, 0.1) is 5.69 Å². The van der Waals surface area contributed by atoms with Crippen LogP contribution >= 0.6 is 0 Å². The van der Waals surface area contributed by atoms with Crippen molar-refractivity contribution in [2.45, 2.75) is 45.1 Å². The number of Topliss-reactive ketones (excluding diaryl/α,β-unsaturated/α-hetero) is 1. The van der Waals surface area contributed by atoms with Crippen LogP contribution in [0.25, 0.3) is 16.9 Å². The largest absolute Gasteiger partial charge is 0.457 e. The molecule has 2 aromatic carbocycles. The number of carbonyl (C=O) groups is 1. The number of nitrogens with two attached hydrogens (primary N) is 1. The van der Waals surface area contributed by atoms with Crippen molar-refractivity contribution in [3.8, 4) is 29.0 Å². The molecule has 1 fully saturated rings. The number of ether oxygens (including phenoxy) is 1. The average molecular weight is 482 g/mol. The van der Waals surface area contributed by atoms with Crippen molar-refractivity contribution in [3.63, 3.8) is 0 Å². The summed E-state index contributed by atoms with van der Waals surface area (Å²) in [4.78, 5) is 34.3. The lowest BCUT2D eigenvalue weighted by molar-refractivity contribution is -0.114. The van der Waals surface area contributed by atoms with Crippen molar-refractivity contribution >= 4 is 22.8 Å². The number of ketones is 1. The van der Waals surface area contributed by atoms with Crippen LogP contribution in [0, 0.1) is 17.8 Å². The zero-order chi connectivity index (χ0) is 25.1. The molecule has 0 aliphatic heterocycles. The first-order valence-electron chi connectivity index (χ1n) is 12.1. The summed E-state index contributed by atoms with van der Waals surface area (Å²) in [6.07, 6.45) is 5.13. The maximum absolute atomic E-state index is 13.8. The molecule has 0 unspecified atom stereocenters. The van der Waals surface area contributed by atoms with Crippen molar-refractivity contribution in [2.75, 3.05) is 5.73 Å². The Morgan fingerprint density at radius 3 is 2.42 bits per heavy atom. The first-order valence-corrected chi connectivity index (χ1v) is 12.1. The Balaban J connectivity index is 1.45. The summed E-state index contributed by atoms with van der Waals surface area (Å²) in [6.45, 7) is 1.67. The molecule has 8 heteroatoms. The van der Waals surface area contributed by atoms with Gasteiger partial charge in [-0.15, -0.1) is 0 Å². The van der Waals surface area contributed by atoms with E-state index in [1.165, 1.54) is 6.33 Å². The quantitative estimate of drug-likeness (QED) is 0.317. The van der Waals surface area contributed by atoms with E-state index in [2.05, 4.69) is 21.8 Å². The highest BCUT2D eigenvalue weighted by Crippen LogP contribution is 2.35. The Morgan fingerprint density at radius 1 is 1.03 bits per heavy atom. The number of carbonyl (C=O) groups excluding carboxylic acids is 1. The van der Waals surface area contributed by atoms with E-state index in [0.717, 1.165) is 31.4 Å². The Labute approximate surface area is 208 Å². The SMILES string of the molecule is CC#CC(=O)CC1CCC(n2c(=O)n(-c3ccc(Oc4ccccc4)cc3)c3c(N)ncnc32)CC1. The van der Waals surface area contributed by atoms with Gasteiger partial charge in [-0.1, -0.05) is 24.1 Å². The minimum Gasteiger partial charge on any atom is -0.457 e. The highest BCUT2D eigenvalue weighted by Gasteiger charge is 2.29. The topological polar surface area (TPSA) is 105 Å². The van der Waals surface area contributed by atoms with E-state index in [1.807, 2.05) is 54.6 Å². The van der Waals surface area contributed by atoms with Crippen molar-refractivity contribution in [3.05, 3.63) is 71.4 Å². The fourth-order valence-electron chi connectivity index (χ4n) is 4.98. The summed E-state index contributed by atoms with van der Waals surface area (Å²) in [5, 5.41) is 0. The Hall–Kier alpha value is -4.38. The Morgan fingerprint density at radius 2 is 1.72 bits per heavy atom. The van der Waals surface area contributed by atoms with E-state index in [-0.39, 0.29) is 29.3 Å². The van der Waals surface area contributed by atoms with Crippen molar-refractivity contribution < 1.29 is 9.53 Å². The van der Waals surface area contributed by atoms with Gasteiger partial charge in [-0.3, -0.25) is 13.9 Å². The molecule has 2 aromatic heterocycles. The zero-order valence-electron chi connectivity index (χ0n) is 20.1. The molecule has 0 bridgehead atoms. The van der Waals surface area contributed by atoms with Gasteiger partial charge in [-0.25, -0.2) is 14.8 Å². The second-order valence-electron chi connectivity index (χ2n) is 9.00. The van der Waals surface area contributed by atoms with Crippen LogP contribution in [-0.4, -0.2) is 24.9 Å². The summed E-state index contributed by atoms with van der Waals surface area (Å²) < 4.78 is 9.20. The maximum atomic E-state index is 13.8. The zero-order valence-corrected chi connectivity index (χ0v) is 20.1. The van der Waals surface area contributed by atoms with Crippen LogP contribution in [0.3, 0.4) is 0 Å². The average Bonchev–Trinajstić information content (AvgIpc) is 3.19. The normalized spacial score (nSPS) is 17.4. The van der Waals surface area contributed by atoms with Gasteiger partial charge >= 0.3 is 5.69 Å². The predicted molar refractivity (Wildman–Crippen MR) is 138 cm³/mol. The number of hydrogen-bond acceptors (Lipinski definition) is 6. The fraction of sp³-hybridized carbons (Fsp3) is 0.286. The Bertz CT molecular complexity index is 1500. The van der Waals surface area contributed by atoms with Crippen LogP contribution in [0.2, 0.25) is 0 Å². The van der Waals surface area contributed by atoms with Crippen molar-refractivity contribution in [1.29, 1.82) is 0 Å². The molecule has 0 spiro atoms. The summed E-state index contributed by atoms with van der Waals surface area (Å²) in [5.41, 5.74) is 7.71. The molecule has 36 heavy (non-hydrogen) atoms. The van der Waals surface area contributed by atoms with Gasteiger partial charge < -0.3 is 10.5 Å². The number of fused-ring (bicyclic) bond motifs is 1. The van der Waals surface area contributed by atoms with Gasteiger partial charge in [0, 0.05) is 12.5 Å². The molecule has 1 aliphatic rings. The van der Waals surface area contributed by atoms with E-state index < -0.39 is 0 Å². The van der Waals surface area contributed by atoms with E-state index in [1.54, 1.807) is 16.1 Å². The molecule has 0 radical (unpaired) electrons. The molecule has 8 nitrogen and oxygen atoms in total. The third-order valence-corrected chi connectivity index (χ3v) is 6.67. The number of rotatable bonds is 6. The molecule has 1 saturated carbocycles. The second-order valence-corrected chi connectivity index (χ2v) is 9.00. The molecular weight excluding hydrogens is 454 g/mol. The van der Waals surface area contributed by atoms with Crippen LogP contribution in [0.1, 0.15) is 45.1 Å². The van der Waals surface area contributed by atoms with Crippen LogP contribution in [0.15, 0.2) is 65.7 Å². The fourth-order valence-corrected chi connectivity index (χ4v) is 4.98. The molecular formula is C28H27N5O3. The maximum Gasteiger partial charge on any atom is 0.335 e. The lowest BCUT2D eigenvalue weighted by Gasteiger charge is -2.28. The van der Waals surface area contributed by atoms with Gasteiger partial charge in [0.2, 0.25) is 5.78 Å². The molecule has 2 N–H and O–H groups in total. The smallest absolute Gasteiger partial charge is 0.335 e. The number of hydrogen-bond donors (Lipinski definition) is 1. The second kappa shape index (κ2) is 10.1. The van der Waals surface area contributed by atoms with E-state index >= 15 is 0 Å². The number of para-hydroxylation sites is 1. The van der Waals surface area contributed by atoms with Crippen molar-refractivity contribution in [2.24, 2.45) is 5.92 Å². The number of aromatic nitrogens is 4. The van der Waals surface area contributed by atoms with Crippen LogP contribution in [-0.2, 0) is 4.79 Å². The number of benzene rings is 2. The summed E-state index contributed by atoms with van der Waals surface area (Å²) >= 11 is 0.